The molecule has 0 saturated carbocycles. The predicted octanol–water partition coefficient (Wildman–Crippen LogP) is 16.9. The average Bonchev–Trinajstić information content (AvgIpc) is 3.28. The molecular weight excluding hydrogens is 779 g/mol. The van der Waals surface area contributed by atoms with Crippen molar-refractivity contribution in [3.63, 3.8) is 0 Å². The van der Waals surface area contributed by atoms with E-state index in [1.165, 1.54) is 212 Å². The Morgan fingerprint density at radius 1 is 0.444 bits per heavy atom. The maximum atomic E-state index is 12.4. The van der Waals surface area contributed by atoms with Crippen molar-refractivity contribution >= 4 is 11.9 Å². The number of esters is 1. The molecule has 0 rings (SSSR count). The highest BCUT2D eigenvalue weighted by Gasteiger charge is 2.18. The van der Waals surface area contributed by atoms with E-state index < -0.39 is 12.1 Å². The van der Waals surface area contributed by atoms with Gasteiger partial charge >= 0.3 is 5.97 Å². The summed E-state index contributed by atoms with van der Waals surface area (Å²) in [6, 6.07) is -0.631. The summed E-state index contributed by atoms with van der Waals surface area (Å²) in [5.41, 5.74) is 0. The highest BCUT2D eigenvalue weighted by Crippen LogP contribution is 2.16. The molecule has 2 unspecified atom stereocenters. The zero-order valence-electron chi connectivity index (χ0n) is 42.1. The van der Waals surface area contributed by atoms with Gasteiger partial charge in [-0.2, -0.15) is 0 Å². The van der Waals surface area contributed by atoms with E-state index in [0.717, 1.165) is 51.4 Å². The van der Waals surface area contributed by atoms with Gasteiger partial charge in [-0.25, -0.2) is 0 Å². The molecule has 0 bridgehead atoms. The van der Waals surface area contributed by atoms with Gasteiger partial charge in [0.15, 0.2) is 0 Å². The lowest BCUT2D eigenvalue weighted by molar-refractivity contribution is -0.143. The molecule has 0 spiro atoms. The van der Waals surface area contributed by atoms with Crippen LogP contribution in [0.5, 0.6) is 0 Å². The van der Waals surface area contributed by atoms with Crippen molar-refractivity contribution in [3.8, 4) is 0 Å². The molecule has 0 aromatic rings. The maximum Gasteiger partial charge on any atom is 0.305 e. The summed E-state index contributed by atoms with van der Waals surface area (Å²) in [5, 5.41) is 23.0. The fourth-order valence-corrected chi connectivity index (χ4v) is 8.41. The third-order valence-corrected chi connectivity index (χ3v) is 12.7. The van der Waals surface area contributed by atoms with E-state index >= 15 is 0 Å². The van der Waals surface area contributed by atoms with E-state index in [1.807, 2.05) is 6.08 Å². The smallest absolute Gasteiger partial charge is 0.305 e. The minimum Gasteiger partial charge on any atom is -0.465 e. The largest absolute Gasteiger partial charge is 0.465 e. The first-order chi connectivity index (χ1) is 31.0. The monoisotopic (exact) mass is 886 g/mol. The lowest BCUT2D eigenvalue weighted by Gasteiger charge is -2.20. The number of hydrogen-bond donors (Lipinski definition) is 3. The summed E-state index contributed by atoms with van der Waals surface area (Å²) in [5.74, 6) is -0.109. The Morgan fingerprint density at radius 3 is 1.21 bits per heavy atom. The molecule has 1 amide bonds. The number of amides is 1. The number of hydrogen-bond acceptors (Lipinski definition) is 5. The minimum absolute atomic E-state index is 0.0356. The molecule has 0 aliphatic heterocycles. The minimum atomic E-state index is -0.847. The number of aliphatic hydroxyl groups excluding tert-OH is 2. The second kappa shape index (κ2) is 52.7. The molecule has 0 fully saturated rings. The number of rotatable bonds is 51. The summed E-state index contributed by atoms with van der Waals surface area (Å²) in [6.45, 7) is 4.79. The fraction of sp³-hybridized carbons (Fsp3) is 0.860. The second-order valence-electron chi connectivity index (χ2n) is 18.9. The zero-order chi connectivity index (χ0) is 45.8. The number of carbonyl (C=O) groups is 2. The Labute approximate surface area is 392 Å². The van der Waals surface area contributed by atoms with Gasteiger partial charge in [0.05, 0.1) is 25.4 Å². The number of aliphatic hydroxyl groups is 2. The summed E-state index contributed by atoms with van der Waals surface area (Å²) < 4.78 is 5.40. The molecule has 0 heterocycles. The number of unbranched alkanes of at least 4 members (excludes halogenated alkanes) is 36. The molecule has 3 N–H and O–H groups in total. The molecule has 0 aliphatic rings. The van der Waals surface area contributed by atoms with E-state index in [4.69, 9.17) is 4.74 Å². The molecule has 2 atom stereocenters. The predicted molar refractivity (Wildman–Crippen MR) is 273 cm³/mol. The van der Waals surface area contributed by atoms with Crippen molar-refractivity contribution in [1.82, 2.24) is 5.32 Å². The zero-order valence-corrected chi connectivity index (χ0v) is 42.1. The van der Waals surface area contributed by atoms with E-state index in [2.05, 4.69) is 43.5 Å². The van der Waals surface area contributed by atoms with Crippen molar-refractivity contribution in [2.45, 2.75) is 302 Å². The van der Waals surface area contributed by atoms with Crippen molar-refractivity contribution in [2.24, 2.45) is 0 Å². The van der Waals surface area contributed by atoms with Crippen LogP contribution in [-0.4, -0.2) is 47.4 Å². The van der Waals surface area contributed by atoms with Crippen LogP contribution in [0.15, 0.2) is 36.5 Å². The van der Waals surface area contributed by atoms with Gasteiger partial charge in [-0.3, -0.25) is 9.59 Å². The van der Waals surface area contributed by atoms with Gasteiger partial charge < -0.3 is 20.3 Å². The van der Waals surface area contributed by atoms with Crippen LogP contribution in [-0.2, 0) is 14.3 Å². The number of nitrogens with one attached hydrogen (secondary N) is 1. The quantitative estimate of drug-likeness (QED) is 0.0321. The van der Waals surface area contributed by atoms with Gasteiger partial charge in [0.1, 0.15) is 0 Å². The van der Waals surface area contributed by atoms with Crippen LogP contribution in [0.3, 0.4) is 0 Å². The Hall–Kier alpha value is -1.92. The summed E-state index contributed by atoms with van der Waals surface area (Å²) in [6.07, 6.45) is 64.6. The Balaban J connectivity index is 3.48. The molecule has 0 aliphatic carbocycles. The fourth-order valence-electron chi connectivity index (χ4n) is 8.41. The normalized spacial score (nSPS) is 12.9. The topological polar surface area (TPSA) is 95.9 Å². The summed E-state index contributed by atoms with van der Waals surface area (Å²) in [4.78, 5) is 24.4. The van der Waals surface area contributed by atoms with E-state index in [0.29, 0.717) is 19.4 Å². The number of ether oxygens (including phenoxy) is 1. The van der Waals surface area contributed by atoms with Gasteiger partial charge in [-0.05, 0) is 51.4 Å². The lowest BCUT2D eigenvalue weighted by Crippen LogP contribution is -2.45. The summed E-state index contributed by atoms with van der Waals surface area (Å²) >= 11 is 0. The molecule has 6 nitrogen and oxygen atoms in total. The standard InChI is InChI=1S/C57H107NO5/c1-3-5-7-9-11-13-15-26-29-33-37-41-45-49-55(60)54(53-59)58-56(61)50-46-42-38-34-30-27-24-22-20-18-17-19-21-23-25-28-32-36-40-44-48-52-63-57(62)51-47-43-39-35-31-16-14-12-10-8-6-4-2/h28,32,40,44-45,49,54-55,59-60H,3-27,29-31,33-39,41-43,46-48,50-53H2,1-2H3,(H,58,61)/b32-28-,44-40-,49-45+. The van der Waals surface area contributed by atoms with Gasteiger partial charge in [0.2, 0.25) is 5.91 Å². The van der Waals surface area contributed by atoms with Crippen LogP contribution in [0.2, 0.25) is 0 Å². The van der Waals surface area contributed by atoms with Crippen LogP contribution in [0, 0.1) is 0 Å². The molecule has 6 heteroatoms. The van der Waals surface area contributed by atoms with Crippen LogP contribution < -0.4 is 5.32 Å². The maximum absolute atomic E-state index is 12.4. The molecule has 0 saturated heterocycles. The van der Waals surface area contributed by atoms with E-state index in [9.17, 15) is 19.8 Å². The Bertz CT molecular complexity index is 1020. The van der Waals surface area contributed by atoms with Gasteiger partial charge in [0.25, 0.3) is 0 Å². The highest BCUT2D eigenvalue weighted by molar-refractivity contribution is 5.76. The first-order valence-electron chi connectivity index (χ1n) is 27.8. The average molecular weight is 886 g/mol. The highest BCUT2D eigenvalue weighted by atomic mass is 16.5. The number of carbonyl (C=O) groups excluding carboxylic acids is 2. The third kappa shape index (κ3) is 49.4. The van der Waals surface area contributed by atoms with E-state index in [-0.39, 0.29) is 18.5 Å². The van der Waals surface area contributed by atoms with Crippen LogP contribution in [0.25, 0.3) is 0 Å². The SMILES string of the molecule is CCCCCCCCCCCCC/C=C/C(O)C(CO)NC(=O)CCCCCCCCCCCCCCCC/C=C\C/C=C\CCOC(=O)CCCCCCCCCCCCCC. The van der Waals surface area contributed by atoms with Crippen molar-refractivity contribution in [1.29, 1.82) is 0 Å². The Kier molecular flexibility index (Phi) is 51.1. The molecule has 63 heavy (non-hydrogen) atoms. The first kappa shape index (κ1) is 61.1. The van der Waals surface area contributed by atoms with Crippen molar-refractivity contribution in [2.75, 3.05) is 13.2 Å². The third-order valence-electron chi connectivity index (χ3n) is 12.7. The Morgan fingerprint density at radius 2 is 0.794 bits per heavy atom. The van der Waals surface area contributed by atoms with Crippen molar-refractivity contribution in [3.05, 3.63) is 36.5 Å². The molecule has 0 radical (unpaired) electrons. The van der Waals surface area contributed by atoms with Crippen LogP contribution >= 0.6 is 0 Å². The van der Waals surface area contributed by atoms with Crippen molar-refractivity contribution < 1.29 is 24.5 Å². The molecule has 370 valence electrons. The molecule has 0 aromatic heterocycles. The first-order valence-corrected chi connectivity index (χ1v) is 27.8. The van der Waals surface area contributed by atoms with E-state index in [1.54, 1.807) is 6.08 Å². The van der Waals surface area contributed by atoms with Crippen LogP contribution in [0.1, 0.15) is 290 Å². The van der Waals surface area contributed by atoms with Gasteiger partial charge in [-0.15, -0.1) is 0 Å². The van der Waals surface area contributed by atoms with Gasteiger partial charge in [0, 0.05) is 12.8 Å². The molecular formula is C57H107NO5. The van der Waals surface area contributed by atoms with Crippen LogP contribution in [0.4, 0.5) is 0 Å². The van der Waals surface area contributed by atoms with Gasteiger partial charge in [-0.1, -0.05) is 262 Å². The number of allylic oxidation sites excluding steroid dienone is 4. The summed E-state index contributed by atoms with van der Waals surface area (Å²) in [7, 11) is 0. The second-order valence-corrected chi connectivity index (χ2v) is 18.9. The lowest BCUT2D eigenvalue weighted by atomic mass is 10.0. The molecule has 0 aromatic carbocycles.